The normalized spacial score (nSPS) is 23.1. The van der Waals surface area contributed by atoms with Crippen LogP contribution in [0.5, 0.6) is 5.88 Å². The number of nitrogens with one attached hydrogen (secondary N) is 1. The Morgan fingerprint density at radius 3 is 2.38 bits per heavy atom. The third kappa shape index (κ3) is 4.14. The van der Waals surface area contributed by atoms with E-state index in [9.17, 15) is 31.9 Å². The minimum absolute atomic E-state index is 0.0133. The standard InChI is InChI=1S/C24H22F5N3O2/c25-23(26)9-13(10-23)18-7-15(12-1-3-14(4-2-12)24(27,28)29)16(11-31-18)19-8-20(33)21-17(32-19)5-6-30-22(21)34/h5-8,11-14H,1-4,9-10H2,(H,30,34)(H,32,33)/t12-,14+. The van der Waals surface area contributed by atoms with Crippen molar-refractivity contribution >= 4 is 10.9 Å². The lowest BCUT2D eigenvalue weighted by Crippen LogP contribution is -2.34. The Balaban J connectivity index is 1.56. The van der Waals surface area contributed by atoms with E-state index in [1.165, 1.54) is 24.5 Å². The summed E-state index contributed by atoms with van der Waals surface area (Å²) < 4.78 is 66.5. The maximum absolute atomic E-state index is 13.5. The van der Waals surface area contributed by atoms with Crippen LogP contribution in [0.15, 0.2) is 35.4 Å². The van der Waals surface area contributed by atoms with Crippen molar-refractivity contribution in [3.8, 4) is 17.1 Å². The molecule has 0 bridgehead atoms. The monoisotopic (exact) mass is 479 g/mol. The van der Waals surface area contributed by atoms with E-state index in [1.807, 2.05) is 0 Å². The van der Waals surface area contributed by atoms with E-state index in [0.717, 1.165) is 0 Å². The molecule has 2 saturated carbocycles. The Morgan fingerprint density at radius 1 is 1.03 bits per heavy atom. The van der Waals surface area contributed by atoms with Crippen LogP contribution in [0, 0.1) is 5.92 Å². The van der Waals surface area contributed by atoms with Crippen LogP contribution in [-0.4, -0.2) is 32.2 Å². The van der Waals surface area contributed by atoms with Gasteiger partial charge in [-0.25, -0.2) is 13.8 Å². The molecule has 0 spiro atoms. The number of hydrogen-bond donors (Lipinski definition) is 2. The van der Waals surface area contributed by atoms with Gasteiger partial charge in [0.25, 0.3) is 0 Å². The number of pyridine rings is 3. The van der Waals surface area contributed by atoms with E-state index in [-0.39, 0.29) is 37.0 Å². The van der Waals surface area contributed by atoms with Gasteiger partial charge < -0.3 is 10.1 Å². The number of aromatic amines is 1. The van der Waals surface area contributed by atoms with Gasteiger partial charge >= 0.3 is 6.18 Å². The molecule has 34 heavy (non-hydrogen) atoms. The van der Waals surface area contributed by atoms with E-state index in [4.69, 9.17) is 0 Å². The topological polar surface area (TPSA) is 78.9 Å². The number of fused-ring (bicyclic) bond motifs is 1. The molecule has 2 fully saturated rings. The summed E-state index contributed by atoms with van der Waals surface area (Å²) in [6.45, 7) is 0. The molecule has 0 saturated heterocycles. The fourth-order valence-electron chi connectivity index (χ4n) is 5.20. The average molecular weight is 479 g/mol. The van der Waals surface area contributed by atoms with Crippen LogP contribution in [0.3, 0.4) is 0 Å². The Kier molecular flexibility index (Phi) is 5.37. The molecule has 2 aliphatic rings. The molecule has 3 aromatic rings. The Bertz CT molecular complexity index is 1290. The molecule has 180 valence electrons. The maximum Gasteiger partial charge on any atom is 0.391 e. The van der Waals surface area contributed by atoms with Crippen LogP contribution < -0.4 is 5.43 Å². The van der Waals surface area contributed by atoms with Gasteiger partial charge in [0, 0.05) is 48.5 Å². The highest BCUT2D eigenvalue weighted by Gasteiger charge is 2.47. The van der Waals surface area contributed by atoms with Crippen LogP contribution in [0.2, 0.25) is 0 Å². The zero-order chi connectivity index (χ0) is 24.3. The Hall–Kier alpha value is -3.04. The highest BCUT2D eigenvalue weighted by atomic mass is 19.4. The van der Waals surface area contributed by atoms with E-state index < -0.39 is 35.2 Å². The zero-order valence-electron chi connectivity index (χ0n) is 18.0. The number of H-pyrrole nitrogens is 1. The van der Waals surface area contributed by atoms with Crippen LogP contribution >= 0.6 is 0 Å². The zero-order valence-corrected chi connectivity index (χ0v) is 18.0. The van der Waals surface area contributed by atoms with Gasteiger partial charge in [-0.2, -0.15) is 13.2 Å². The lowest BCUT2D eigenvalue weighted by atomic mass is 9.75. The minimum atomic E-state index is -4.24. The van der Waals surface area contributed by atoms with Crippen molar-refractivity contribution in [3.63, 3.8) is 0 Å². The lowest BCUT2D eigenvalue weighted by molar-refractivity contribution is -0.182. The second-order valence-corrected chi connectivity index (χ2v) is 9.35. The van der Waals surface area contributed by atoms with Crippen molar-refractivity contribution in [1.82, 2.24) is 15.0 Å². The van der Waals surface area contributed by atoms with Crippen molar-refractivity contribution in [1.29, 1.82) is 0 Å². The van der Waals surface area contributed by atoms with Crippen molar-refractivity contribution in [3.05, 3.63) is 52.1 Å². The minimum Gasteiger partial charge on any atom is -0.493 e. The summed E-state index contributed by atoms with van der Waals surface area (Å²) in [7, 11) is 0. The molecule has 0 radical (unpaired) electrons. The molecule has 3 heterocycles. The molecule has 0 amide bonds. The SMILES string of the molecule is O=c1cc(-c2cnc(C3CC(F)(F)C3)cc2[C@H]2CC[C@@H](C(F)(F)F)CC2)[nH]c2ccnc(O)c12. The molecule has 0 aromatic carbocycles. The first-order valence-electron chi connectivity index (χ1n) is 11.2. The molecule has 2 N–H and O–H groups in total. The van der Waals surface area contributed by atoms with Gasteiger partial charge in [-0.3, -0.25) is 9.78 Å². The summed E-state index contributed by atoms with van der Waals surface area (Å²) in [5.41, 5.74) is 2.02. The molecule has 10 heteroatoms. The van der Waals surface area contributed by atoms with Gasteiger partial charge in [0.1, 0.15) is 5.39 Å². The van der Waals surface area contributed by atoms with Gasteiger partial charge in [0.15, 0.2) is 5.43 Å². The quantitative estimate of drug-likeness (QED) is 0.449. The van der Waals surface area contributed by atoms with Crippen molar-refractivity contribution in [2.75, 3.05) is 0 Å². The number of alkyl halides is 5. The van der Waals surface area contributed by atoms with Crippen molar-refractivity contribution in [2.45, 2.75) is 62.5 Å². The smallest absolute Gasteiger partial charge is 0.391 e. The van der Waals surface area contributed by atoms with Crippen LogP contribution in [-0.2, 0) is 0 Å². The molecule has 2 aliphatic carbocycles. The number of aromatic nitrogens is 3. The predicted octanol–water partition coefficient (Wildman–Crippen LogP) is 6.04. The summed E-state index contributed by atoms with van der Waals surface area (Å²) in [4.78, 5) is 23.9. The summed E-state index contributed by atoms with van der Waals surface area (Å²) in [5.74, 6) is -5.12. The maximum atomic E-state index is 13.5. The van der Waals surface area contributed by atoms with Crippen molar-refractivity contribution in [2.24, 2.45) is 5.92 Å². The van der Waals surface area contributed by atoms with Gasteiger partial charge in [-0.1, -0.05) is 0 Å². The first-order chi connectivity index (χ1) is 16.0. The molecule has 0 aliphatic heterocycles. The van der Waals surface area contributed by atoms with Gasteiger partial charge in [0.2, 0.25) is 11.8 Å². The van der Waals surface area contributed by atoms with Gasteiger partial charge in [0.05, 0.1) is 17.1 Å². The van der Waals surface area contributed by atoms with E-state index in [2.05, 4.69) is 15.0 Å². The Morgan fingerprint density at radius 2 is 1.74 bits per heavy atom. The molecular formula is C24H22F5N3O2. The highest BCUT2D eigenvalue weighted by Crippen LogP contribution is 2.50. The average Bonchev–Trinajstić information content (AvgIpc) is 2.76. The molecule has 5 nitrogen and oxygen atoms in total. The molecule has 0 unspecified atom stereocenters. The fraction of sp³-hybridized carbons (Fsp3) is 0.458. The van der Waals surface area contributed by atoms with Crippen LogP contribution in [0.1, 0.15) is 61.6 Å². The molecule has 0 atom stereocenters. The largest absolute Gasteiger partial charge is 0.493 e. The second-order valence-electron chi connectivity index (χ2n) is 9.35. The highest BCUT2D eigenvalue weighted by molar-refractivity contribution is 5.85. The molecule has 3 aromatic heterocycles. The summed E-state index contributed by atoms with van der Waals surface area (Å²) in [6, 6.07) is 4.55. The van der Waals surface area contributed by atoms with Gasteiger partial charge in [-0.15, -0.1) is 0 Å². The third-order valence-corrected chi connectivity index (χ3v) is 7.11. The third-order valence-electron chi connectivity index (χ3n) is 7.11. The first-order valence-corrected chi connectivity index (χ1v) is 11.2. The lowest BCUT2D eigenvalue weighted by Gasteiger charge is -2.35. The number of halogens is 5. The molecular weight excluding hydrogens is 457 g/mol. The van der Waals surface area contributed by atoms with E-state index in [0.29, 0.717) is 40.9 Å². The summed E-state index contributed by atoms with van der Waals surface area (Å²) in [5, 5.41) is 9.97. The van der Waals surface area contributed by atoms with Crippen LogP contribution in [0.4, 0.5) is 22.0 Å². The van der Waals surface area contributed by atoms with Gasteiger partial charge in [-0.05, 0) is 49.3 Å². The number of nitrogens with zero attached hydrogens (tertiary/aromatic N) is 2. The van der Waals surface area contributed by atoms with E-state index >= 15 is 0 Å². The number of rotatable bonds is 3. The summed E-state index contributed by atoms with van der Waals surface area (Å²) in [6.07, 6.45) is -1.44. The molecule has 5 rings (SSSR count). The second kappa shape index (κ2) is 8.02. The summed E-state index contributed by atoms with van der Waals surface area (Å²) >= 11 is 0. The van der Waals surface area contributed by atoms with E-state index in [1.54, 1.807) is 6.07 Å². The van der Waals surface area contributed by atoms with Crippen LogP contribution in [0.25, 0.3) is 22.2 Å². The predicted molar refractivity (Wildman–Crippen MR) is 115 cm³/mol. The Labute approximate surface area is 191 Å². The number of aromatic hydroxyl groups is 1. The first kappa shape index (κ1) is 22.7. The van der Waals surface area contributed by atoms with Crippen molar-refractivity contribution < 1.29 is 27.1 Å². The fourth-order valence-corrected chi connectivity index (χ4v) is 5.20. The number of hydrogen-bond acceptors (Lipinski definition) is 4.